The number of aryl methyl sites for hydroxylation is 1. The fourth-order valence-corrected chi connectivity index (χ4v) is 4.27. The molecule has 1 saturated heterocycles. The van der Waals surface area contributed by atoms with Crippen LogP contribution < -0.4 is 0 Å². The van der Waals surface area contributed by atoms with E-state index in [1.807, 2.05) is 30.3 Å². The number of nitrogens with zero attached hydrogens (tertiary/aromatic N) is 1. The second-order valence-electron chi connectivity index (χ2n) is 7.37. The Morgan fingerprint density at radius 3 is 2.48 bits per heavy atom. The molecule has 0 aromatic heterocycles. The maximum Gasteiger partial charge on any atom is 0.0942 e. The SMILES string of the molecule is Cc1ccc(Br)c(CC2CCN(C(C)C(O)c3ccccc3)CC2)c1. The Bertz CT molecular complexity index is 680. The summed E-state index contributed by atoms with van der Waals surface area (Å²) in [5.74, 6) is 0.732. The second kappa shape index (κ2) is 8.48. The third-order valence-corrected chi connectivity index (χ3v) is 6.31. The van der Waals surface area contributed by atoms with Crippen molar-refractivity contribution in [3.8, 4) is 0 Å². The molecule has 2 atom stereocenters. The molecule has 1 N–H and O–H groups in total. The van der Waals surface area contributed by atoms with E-state index in [0.717, 1.165) is 31.0 Å². The van der Waals surface area contributed by atoms with Gasteiger partial charge in [0.1, 0.15) is 0 Å². The van der Waals surface area contributed by atoms with Gasteiger partial charge in [-0.2, -0.15) is 0 Å². The molecule has 25 heavy (non-hydrogen) atoms. The standard InChI is InChI=1S/C22H28BrNO/c1-16-8-9-21(23)20(14-16)15-18-10-12-24(13-11-18)17(2)22(25)19-6-4-3-5-7-19/h3-9,14,17-18,22,25H,10-13,15H2,1-2H3. The first-order valence-electron chi connectivity index (χ1n) is 9.26. The van der Waals surface area contributed by atoms with Gasteiger partial charge in [-0.05, 0) is 69.3 Å². The minimum atomic E-state index is -0.413. The van der Waals surface area contributed by atoms with Gasteiger partial charge < -0.3 is 5.11 Å². The second-order valence-corrected chi connectivity index (χ2v) is 8.23. The van der Waals surface area contributed by atoms with Crippen LogP contribution in [0.15, 0.2) is 53.0 Å². The highest BCUT2D eigenvalue weighted by Gasteiger charge is 2.27. The lowest BCUT2D eigenvalue weighted by Crippen LogP contribution is -2.43. The number of halogens is 1. The number of likely N-dealkylation sites (tertiary alicyclic amines) is 1. The minimum Gasteiger partial charge on any atom is -0.387 e. The number of hydrogen-bond donors (Lipinski definition) is 1. The highest BCUT2D eigenvalue weighted by atomic mass is 79.9. The van der Waals surface area contributed by atoms with E-state index in [-0.39, 0.29) is 6.04 Å². The largest absolute Gasteiger partial charge is 0.387 e. The van der Waals surface area contributed by atoms with Crippen molar-refractivity contribution in [2.45, 2.75) is 45.3 Å². The molecule has 0 amide bonds. The average molecular weight is 402 g/mol. The first kappa shape index (κ1) is 18.6. The number of benzene rings is 2. The number of aliphatic hydroxyl groups excluding tert-OH is 1. The van der Waals surface area contributed by atoms with E-state index in [2.05, 4.69) is 52.9 Å². The molecular weight excluding hydrogens is 374 g/mol. The molecule has 3 rings (SSSR count). The Morgan fingerprint density at radius 1 is 1.12 bits per heavy atom. The Hall–Kier alpha value is -1.16. The summed E-state index contributed by atoms with van der Waals surface area (Å²) in [7, 11) is 0. The predicted molar refractivity (Wildman–Crippen MR) is 108 cm³/mol. The fraction of sp³-hybridized carbons (Fsp3) is 0.455. The van der Waals surface area contributed by atoms with Crippen molar-refractivity contribution in [3.05, 3.63) is 69.7 Å². The van der Waals surface area contributed by atoms with Gasteiger partial charge >= 0.3 is 0 Å². The molecule has 0 radical (unpaired) electrons. The molecule has 0 spiro atoms. The van der Waals surface area contributed by atoms with Crippen LogP contribution in [0.2, 0.25) is 0 Å². The minimum absolute atomic E-state index is 0.161. The molecule has 2 aromatic carbocycles. The summed E-state index contributed by atoms with van der Waals surface area (Å²) in [6.45, 7) is 6.44. The monoisotopic (exact) mass is 401 g/mol. The van der Waals surface area contributed by atoms with Gasteiger partial charge in [0, 0.05) is 10.5 Å². The Morgan fingerprint density at radius 2 is 1.80 bits per heavy atom. The summed E-state index contributed by atoms with van der Waals surface area (Å²) in [4.78, 5) is 2.44. The van der Waals surface area contributed by atoms with Crippen molar-refractivity contribution in [2.75, 3.05) is 13.1 Å². The van der Waals surface area contributed by atoms with Gasteiger partial charge in [0.15, 0.2) is 0 Å². The van der Waals surface area contributed by atoms with Crippen molar-refractivity contribution >= 4 is 15.9 Å². The lowest BCUT2D eigenvalue weighted by molar-refractivity contribution is 0.0373. The van der Waals surface area contributed by atoms with Gasteiger partial charge in [0.05, 0.1) is 6.10 Å². The van der Waals surface area contributed by atoms with Crippen molar-refractivity contribution in [1.29, 1.82) is 0 Å². The van der Waals surface area contributed by atoms with Crippen molar-refractivity contribution in [3.63, 3.8) is 0 Å². The van der Waals surface area contributed by atoms with Crippen LogP contribution in [-0.4, -0.2) is 29.1 Å². The summed E-state index contributed by atoms with van der Waals surface area (Å²) < 4.78 is 1.23. The average Bonchev–Trinajstić information content (AvgIpc) is 2.65. The molecule has 134 valence electrons. The predicted octanol–water partition coefficient (Wildman–Crippen LogP) is 5.13. The normalized spacial score (nSPS) is 18.9. The number of aliphatic hydroxyl groups is 1. The van der Waals surface area contributed by atoms with Crippen LogP contribution >= 0.6 is 15.9 Å². The first-order chi connectivity index (χ1) is 12.0. The van der Waals surface area contributed by atoms with E-state index < -0.39 is 6.10 Å². The molecule has 3 heteroatoms. The van der Waals surface area contributed by atoms with Gasteiger partial charge in [0.2, 0.25) is 0 Å². The van der Waals surface area contributed by atoms with Crippen molar-refractivity contribution < 1.29 is 5.11 Å². The summed E-state index contributed by atoms with van der Waals surface area (Å²) in [5, 5.41) is 10.7. The lowest BCUT2D eigenvalue weighted by Gasteiger charge is -2.38. The van der Waals surface area contributed by atoms with E-state index in [1.54, 1.807) is 0 Å². The maximum absolute atomic E-state index is 10.7. The smallest absolute Gasteiger partial charge is 0.0942 e. The van der Waals surface area contributed by atoms with E-state index in [9.17, 15) is 5.11 Å². The van der Waals surface area contributed by atoms with Gasteiger partial charge in [-0.15, -0.1) is 0 Å². The van der Waals surface area contributed by atoms with E-state index in [0.29, 0.717) is 0 Å². The summed E-state index contributed by atoms with van der Waals surface area (Å²) in [5.41, 5.74) is 3.77. The number of piperidine rings is 1. The first-order valence-corrected chi connectivity index (χ1v) is 10.1. The maximum atomic E-state index is 10.7. The summed E-state index contributed by atoms with van der Waals surface area (Å²) >= 11 is 3.69. The third-order valence-electron chi connectivity index (χ3n) is 5.53. The summed E-state index contributed by atoms with van der Waals surface area (Å²) in [6, 6.07) is 16.8. The van der Waals surface area contributed by atoms with Crippen LogP contribution in [0.25, 0.3) is 0 Å². The van der Waals surface area contributed by atoms with Gasteiger partial charge in [-0.25, -0.2) is 0 Å². The molecular formula is C22H28BrNO. The molecule has 1 fully saturated rings. The molecule has 1 heterocycles. The zero-order chi connectivity index (χ0) is 17.8. The topological polar surface area (TPSA) is 23.5 Å². The zero-order valence-electron chi connectivity index (χ0n) is 15.2. The molecule has 0 bridgehead atoms. The van der Waals surface area contributed by atoms with Crippen LogP contribution in [-0.2, 0) is 6.42 Å². The van der Waals surface area contributed by atoms with Crippen LogP contribution in [0.1, 0.15) is 42.6 Å². The van der Waals surface area contributed by atoms with E-state index in [1.165, 1.54) is 28.4 Å². The van der Waals surface area contributed by atoms with E-state index in [4.69, 9.17) is 0 Å². The molecule has 2 nitrogen and oxygen atoms in total. The summed E-state index contributed by atoms with van der Waals surface area (Å²) in [6.07, 6.45) is 3.13. The number of rotatable bonds is 5. The van der Waals surface area contributed by atoms with Crippen LogP contribution in [0, 0.1) is 12.8 Å². The Labute approximate surface area is 160 Å². The molecule has 2 unspecified atom stereocenters. The molecule has 2 aromatic rings. The zero-order valence-corrected chi connectivity index (χ0v) is 16.7. The third kappa shape index (κ3) is 4.72. The highest BCUT2D eigenvalue weighted by molar-refractivity contribution is 9.10. The van der Waals surface area contributed by atoms with Gasteiger partial charge in [-0.3, -0.25) is 4.90 Å². The molecule has 1 aliphatic rings. The van der Waals surface area contributed by atoms with Crippen LogP contribution in [0.4, 0.5) is 0 Å². The molecule has 0 aliphatic carbocycles. The Kier molecular flexibility index (Phi) is 6.32. The fourth-order valence-electron chi connectivity index (χ4n) is 3.86. The van der Waals surface area contributed by atoms with Gasteiger partial charge in [-0.1, -0.05) is 64.0 Å². The number of hydrogen-bond acceptors (Lipinski definition) is 2. The van der Waals surface area contributed by atoms with Crippen LogP contribution in [0.5, 0.6) is 0 Å². The van der Waals surface area contributed by atoms with Crippen molar-refractivity contribution in [2.24, 2.45) is 5.92 Å². The Balaban J connectivity index is 1.55. The van der Waals surface area contributed by atoms with E-state index >= 15 is 0 Å². The quantitative estimate of drug-likeness (QED) is 0.749. The van der Waals surface area contributed by atoms with Crippen LogP contribution in [0.3, 0.4) is 0 Å². The van der Waals surface area contributed by atoms with Gasteiger partial charge in [0.25, 0.3) is 0 Å². The highest BCUT2D eigenvalue weighted by Crippen LogP contribution is 2.29. The molecule has 0 saturated carbocycles. The lowest BCUT2D eigenvalue weighted by atomic mass is 9.88. The van der Waals surface area contributed by atoms with Crippen molar-refractivity contribution in [1.82, 2.24) is 4.90 Å². The molecule has 1 aliphatic heterocycles.